The summed E-state index contributed by atoms with van der Waals surface area (Å²) in [6.07, 6.45) is 7.36. The van der Waals surface area contributed by atoms with Crippen molar-refractivity contribution in [1.29, 1.82) is 0 Å². The number of carbonyl (C=O) groups is 3. The first kappa shape index (κ1) is 19.9. The van der Waals surface area contributed by atoms with Gasteiger partial charge in [-0.05, 0) is 44.4 Å². The number of hydrogen-bond donors (Lipinski definition) is 2. The normalized spacial score (nSPS) is 25.0. The summed E-state index contributed by atoms with van der Waals surface area (Å²) in [5.41, 5.74) is 0.0898. The molecule has 2 saturated heterocycles. The number of para-hydroxylation sites is 1. The second kappa shape index (κ2) is 8.53. The maximum Gasteiger partial charge on any atom is 0.326 e. The molecule has 2 N–H and O–H groups in total. The molecule has 4 rings (SSSR count). The molecule has 0 bridgehead atoms. The molecule has 2 heterocycles. The number of urea groups is 1. The van der Waals surface area contributed by atoms with Crippen LogP contribution in [0.5, 0.6) is 0 Å². The number of rotatable bonds is 4. The van der Waals surface area contributed by atoms with Crippen LogP contribution in [0, 0.1) is 5.92 Å². The Bertz CT molecular complexity index is 759. The van der Waals surface area contributed by atoms with E-state index in [2.05, 4.69) is 15.5 Å². The minimum Gasteiger partial charge on any atom is -0.326 e. The average molecular weight is 399 g/mol. The van der Waals surface area contributed by atoms with Crippen LogP contribution >= 0.6 is 0 Å². The molecule has 3 aliphatic rings. The number of nitrogens with one attached hydrogen (secondary N) is 2. The maximum atomic E-state index is 13.1. The molecule has 0 aromatic heterocycles. The predicted molar refractivity (Wildman–Crippen MR) is 110 cm³/mol. The van der Waals surface area contributed by atoms with Crippen molar-refractivity contribution in [2.45, 2.75) is 56.9 Å². The first-order chi connectivity index (χ1) is 14.1. The van der Waals surface area contributed by atoms with E-state index in [1.54, 1.807) is 0 Å². The minimum absolute atomic E-state index is 0.00154. The summed E-state index contributed by atoms with van der Waals surface area (Å²) in [5, 5.41) is 5.97. The zero-order chi connectivity index (χ0) is 20.3. The van der Waals surface area contributed by atoms with E-state index in [1.165, 1.54) is 4.90 Å². The third kappa shape index (κ3) is 4.29. The molecule has 1 atom stereocenters. The molecule has 1 aromatic carbocycles. The lowest BCUT2D eigenvalue weighted by Crippen LogP contribution is -2.49. The van der Waals surface area contributed by atoms with Gasteiger partial charge in [-0.3, -0.25) is 14.5 Å². The third-order valence-corrected chi connectivity index (χ3v) is 6.46. The van der Waals surface area contributed by atoms with Gasteiger partial charge in [0.25, 0.3) is 5.91 Å². The zero-order valence-corrected chi connectivity index (χ0v) is 16.9. The van der Waals surface area contributed by atoms with E-state index in [0.29, 0.717) is 6.54 Å². The van der Waals surface area contributed by atoms with Crippen LogP contribution in [0.2, 0.25) is 0 Å². The van der Waals surface area contributed by atoms with E-state index in [0.717, 1.165) is 63.6 Å². The van der Waals surface area contributed by atoms with E-state index < -0.39 is 5.54 Å². The van der Waals surface area contributed by atoms with Crippen LogP contribution in [0.15, 0.2) is 30.3 Å². The van der Waals surface area contributed by atoms with E-state index >= 15 is 0 Å². The standard InChI is InChI=1S/C22H30N4O3/c27-19(23-18-10-4-3-5-11-18)17-9-8-14-25(15-17)16-26-20(28)22(24-21(26)29)12-6-1-2-7-13-22/h3-5,10-11,17H,1-2,6-9,12-16H2,(H,23,27)(H,24,29). The number of nitrogens with zero attached hydrogens (tertiary/aromatic N) is 2. The minimum atomic E-state index is -0.701. The van der Waals surface area contributed by atoms with Crippen molar-refractivity contribution in [2.24, 2.45) is 5.92 Å². The van der Waals surface area contributed by atoms with Crippen LogP contribution < -0.4 is 10.6 Å². The molecule has 3 fully saturated rings. The fourth-order valence-electron chi connectivity index (χ4n) is 4.84. The summed E-state index contributed by atoms with van der Waals surface area (Å²) >= 11 is 0. The molecule has 1 unspecified atom stereocenters. The van der Waals surface area contributed by atoms with Gasteiger partial charge in [-0.15, -0.1) is 0 Å². The smallest absolute Gasteiger partial charge is 0.326 e. The van der Waals surface area contributed by atoms with E-state index in [4.69, 9.17) is 0 Å². The fraction of sp³-hybridized carbons (Fsp3) is 0.591. The summed E-state index contributed by atoms with van der Waals surface area (Å²) in [6, 6.07) is 9.16. The van der Waals surface area contributed by atoms with Gasteiger partial charge in [-0.25, -0.2) is 9.69 Å². The van der Waals surface area contributed by atoms with Crippen LogP contribution in [0.4, 0.5) is 10.5 Å². The molecule has 2 aliphatic heterocycles. The van der Waals surface area contributed by atoms with E-state index in [-0.39, 0.29) is 30.4 Å². The van der Waals surface area contributed by atoms with Crippen molar-refractivity contribution in [1.82, 2.24) is 15.1 Å². The van der Waals surface area contributed by atoms with Crippen LogP contribution in [-0.2, 0) is 9.59 Å². The van der Waals surface area contributed by atoms with Gasteiger partial charge in [0, 0.05) is 12.2 Å². The van der Waals surface area contributed by atoms with Gasteiger partial charge >= 0.3 is 6.03 Å². The topological polar surface area (TPSA) is 81.8 Å². The van der Waals surface area contributed by atoms with E-state index in [9.17, 15) is 14.4 Å². The second-order valence-corrected chi connectivity index (χ2v) is 8.57. The number of piperidine rings is 1. The monoisotopic (exact) mass is 398 g/mol. The molecular weight excluding hydrogens is 368 g/mol. The Labute approximate surface area is 171 Å². The van der Waals surface area contributed by atoms with Crippen LogP contribution in [0.25, 0.3) is 0 Å². The lowest BCUT2D eigenvalue weighted by atomic mass is 9.90. The van der Waals surface area contributed by atoms with Gasteiger partial charge in [0.05, 0.1) is 12.6 Å². The molecule has 0 radical (unpaired) electrons. The Morgan fingerprint density at radius 2 is 1.79 bits per heavy atom. The Kier molecular flexibility index (Phi) is 5.85. The molecule has 1 spiro atoms. The van der Waals surface area contributed by atoms with Crippen molar-refractivity contribution in [2.75, 3.05) is 25.1 Å². The van der Waals surface area contributed by atoms with Crippen molar-refractivity contribution in [3.05, 3.63) is 30.3 Å². The lowest BCUT2D eigenvalue weighted by Gasteiger charge is -2.34. The zero-order valence-electron chi connectivity index (χ0n) is 16.9. The Morgan fingerprint density at radius 3 is 2.52 bits per heavy atom. The summed E-state index contributed by atoms with van der Waals surface area (Å²) < 4.78 is 0. The molecule has 1 aliphatic carbocycles. The molecule has 29 heavy (non-hydrogen) atoms. The summed E-state index contributed by atoms with van der Waals surface area (Å²) in [7, 11) is 0. The number of anilines is 1. The van der Waals surface area contributed by atoms with Crippen LogP contribution in [-0.4, -0.2) is 52.9 Å². The summed E-state index contributed by atoms with van der Waals surface area (Å²) in [5.74, 6) is -0.227. The quantitative estimate of drug-likeness (QED) is 0.764. The predicted octanol–water partition coefficient (Wildman–Crippen LogP) is 2.94. The number of imide groups is 1. The highest BCUT2D eigenvalue weighted by Gasteiger charge is 2.51. The second-order valence-electron chi connectivity index (χ2n) is 8.57. The van der Waals surface area contributed by atoms with Gasteiger partial charge in [0.2, 0.25) is 5.91 Å². The van der Waals surface area contributed by atoms with Gasteiger partial charge in [-0.1, -0.05) is 43.9 Å². The SMILES string of the molecule is O=C(Nc1ccccc1)C1CCCN(CN2C(=O)NC3(CCCCCC3)C2=O)C1. The first-order valence-electron chi connectivity index (χ1n) is 10.8. The van der Waals surface area contributed by atoms with E-state index in [1.807, 2.05) is 30.3 Å². The molecule has 156 valence electrons. The Morgan fingerprint density at radius 1 is 1.07 bits per heavy atom. The molecule has 4 amide bonds. The number of benzene rings is 1. The van der Waals surface area contributed by atoms with Crippen molar-refractivity contribution < 1.29 is 14.4 Å². The van der Waals surface area contributed by atoms with Crippen molar-refractivity contribution in [3.63, 3.8) is 0 Å². The largest absolute Gasteiger partial charge is 0.326 e. The molecule has 7 nitrogen and oxygen atoms in total. The fourth-order valence-corrected chi connectivity index (χ4v) is 4.84. The van der Waals surface area contributed by atoms with Gasteiger partial charge in [-0.2, -0.15) is 0 Å². The summed E-state index contributed by atoms with van der Waals surface area (Å²) in [6.45, 7) is 1.61. The lowest BCUT2D eigenvalue weighted by molar-refractivity contribution is -0.133. The molecular formula is C22H30N4O3. The number of likely N-dealkylation sites (tertiary alicyclic amines) is 1. The molecule has 1 aromatic rings. The highest BCUT2D eigenvalue weighted by Crippen LogP contribution is 2.33. The molecule has 1 saturated carbocycles. The van der Waals surface area contributed by atoms with Crippen LogP contribution in [0.3, 0.4) is 0 Å². The highest BCUT2D eigenvalue weighted by molar-refractivity contribution is 6.07. The first-order valence-corrected chi connectivity index (χ1v) is 10.8. The van der Waals surface area contributed by atoms with Gasteiger partial charge < -0.3 is 10.6 Å². The van der Waals surface area contributed by atoms with Crippen LogP contribution in [0.1, 0.15) is 51.4 Å². The Balaban J connectivity index is 1.37. The number of carbonyl (C=O) groups excluding carboxylic acids is 3. The number of amides is 4. The number of hydrogen-bond acceptors (Lipinski definition) is 4. The van der Waals surface area contributed by atoms with Crippen molar-refractivity contribution >= 4 is 23.5 Å². The third-order valence-electron chi connectivity index (χ3n) is 6.46. The summed E-state index contributed by atoms with van der Waals surface area (Å²) in [4.78, 5) is 41.8. The van der Waals surface area contributed by atoms with Gasteiger partial charge in [0.1, 0.15) is 5.54 Å². The maximum absolute atomic E-state index is 13.1. The highest BCUT2D eigenvalue weighted by atomic mass is 16.2. The Hall–Kier alpha value is -2.41. The average Bonchev–Trinajstić information content (AvgIpc) is 2.89. The van der Waals surface area contributed by atoms with Gasteiger partial charge in [0.15, 0.2) is 0 Å². The van der Waals surface area contributed by atoms with Crippen molar-refractivity contribution in [3.8, 4) is 0 Å². The molecule has 7 heteroatoms.